The number of rotatable bonds is 5. The van der Waals surface area contributed by atoms with Crippen LogP contribution in [0, 0.1) is 6.92 Å². The van der Waals surface area contributed by atoms with Crippen molar-refractivity contribution in [3.05, 3.63) is 53.1 Å². The Bertz CT molecular complexity index is 703. The predicted octanol–water partition coefficient (Wildman–Crippen LogP) is 2.69. The third kappa shape index (κ3) is 4.09. The quantitative estimate of drug-likeness (QED) is 0.739. The van der Waals surface area contributed by atoms with Crippen LogP contribution in [0.4, 0.5) is 20.2 Å². The van der Waals surface area contributed by atoms with Gasteiger partial charge in [-0.25, -0.2) is 0 Å². The third-order valence-electron chi connectivity index (χ3n) is 3.39. The van der Waals surface area contributed by atoms with Gasteiger partial charge in [-0.1, -0.05) is 6.07 Å². The lowest BCUT2D eigenvalue weighted by molar-refractivity contribution is -0.0498. The normalized spacial score (nSPS) is 10.6. The molecule has 0 unspecified atom stereocenters. The van der Waals surface area contributed by atoms with Gasteiger partial charge in [0.1, 0.15) is 5.75 Å². The SMILES string of the molecule is Cc1ccc(N)c(N)c1CNC(=O)c1ccc(OC(F)F)cc1. The Hall–Kier alpha value is -2.83. The minimum absolute atomic E-state index is 0.00697. The summed E-state index contributed by atoms with van der Waals surface area (Å²) in [7, 11) is 0. The van der Waals surface area contributed by atoms with Crippen molar-refractivity contribution in [1.29, 1.82) is 0 Å². The van der Waals surface area contributed by atoms with Gasteiger partial charge in [-0.3, -0.25) is 4.79 Å². The molecule has 0 heterocycles. The zero-order chi connectivity index (χ0) is 17.0. The monoisotopic (exact) mass is 321 g/mol. The molecule has 0 saturated carbocycles. The molecule has 0 atom stereocenters. The van der Waals surface area contributed by atoms with Crippen LogP contribution in [0.15, 0.2) is 36.4 Å². The Balaban J connectivity index is 2.04. The van der Waals surface area contributed by atoms with Crippen molar-refractivity contribution in [3.8, 4) is 5.75 Å². The first-order valence-corrected chi connectivity index (χ1v) is 6.85. The molecular formula is C16H17F2N3O2. The van der Waals surface area contributed by atoms with E-state index in [4.69, 9.17) is 11.5 Å². The summed E-state index contributed by atoms with van der Waals surface area (Å²) < 4.78 is 28.4. The van der Waals surface area contributed by atoms with E-state index < -0.39 is 6.61 Å². The maximum absolute atomic E-state index is 12.1. The van der Waals surface area contributed by atoms with Gasteiger partial charge in [-0.15, -0.1) is 0 Å². The van der Waals surface area contributed by atoms with Crippen LogP contribution in [0.25, 0.3) is 0 Å². The zero-order valence-corrected chi connectivity index (χ0v) is 12.5. The first-order valence-electron chi connectivity index (χ1n) is 6.85. The molecule has 2 aromatic rings. The molecule has 0 spiro atoms. The Kier molecular flexibility index (Phi) is 5.00. The summed E-state index contributed by atoms with van der Waals surface area (Å²) in [4.78, 5) is 12.1. The number of carbonyl (C=O) groups excluding carboxylic acids is 1. The van der Waals surface area contributed by atoms with E-state index in [0.717, 1.165) is 11.1 Å². The van der Waals surface area contributed by atoms with E-state index in [1.165, 1.54) is 24.3 Å². The highest BCUT2D eigenvalue weighted by molar-refractivity contribution is 5.94. The van der Waals surface area contributed by atoms with Gasteiger partial charge in [0.05, 0.1) is 11.4 Å². The number of nitrogens with two attached hydrogens (primary N) is 2. The topological polar surface area (TPSA) is 90.4 Å². The highest BCUT2D eigenvalue weighted by Crippen LogP contribution is 2.23. The summed E-state index contributed by atoms with van der Waals surface area (Å²) in [5.74, 6) is -0.359. The molecular weight excluding hydrogens is 304 g/mol. The largest absolute Gasteiger partial charge is 0.435 e. The number of nitrogens with one attached hydrogen (secondary N) is 1. The van der Waals surface area contributed by atoms with Crippen LogP contribution in [-0.4, -0.2) is 12.5 Å². The van der Waals surface area contributed by atoms with Gasteiger partial charge in [-0.05, 0) is 48.4 Å². The van der Waals surface area contributed by atoms with E-state index in [1.807, 2.05) is 13.0 Å². The lowest BCUT2D eigenvalue weighted by Gasteiger charge is -2.13. The first kappa shape index (κ1) is 16.5. The molecule has 0 bridgehead atoms. The van der Waals surface area contributed by atoms with Gasteiger partial charge in [0.25, 0.3) is 5.91 Å². The van der Waals surface area contributed by atoms with Gasteiger partial charge in [0.15, 0.2) is 0 Å². The minimum atomic E-state index is -2.90. The molecule has 1 amide bonds. The predicted molar refractivity (Wildman–Crippen MR) is 84.2 cm³/mol. The standard InChI is InChI=1S/C16H17F2N3O2/c1-9-2-7-13(19)14(20)12(9)8-21-15(22)10-3-5-11(6-4-10)23-16(17)18/h2-7,16H,8,19-20H2,1H3,(H,21,22). The van der Waals surface area contributed by atoms with Crippen molar-refractivity contribution in [2.75, 3.05) is 11.5 Å². The molecule has 0 aliphatic rings. The van der Waals surface area contributed by atoms with E-state index >= 15 is 0 Å². The van der Waals surface area contributed by atoms with Crippen LogP contribution in [0.2, 0.25) is 0 Å². The highest BCUT2D eigenvalue weighted by Gasteiger charge is 2.11. The van der Waals surface area contributed by atoms with Crippen molar-refractivity contribution in [2.45, 2.75) is 20.1 Å². The van der Waals surface area contributed by atoms with Crippen LogP contribution in [0.1, 0.15) is 21.5 Å². The molecule has 0 fully saturated rings. The molecule has 5 N–H and O–H groups in total. The maximum atomic E-state index is 12.1. The molecule has 0 aromatic heterocycles. The van der Waals surface area contributed by atoms with Crippen molar-refractivity contribution in [3.63, 3.8) is 0 Å². The summed E-state index contributed by atoms with van der Waals surface area (Å²) in [6.45, 7) is -0.811. The molecule has 5 nitrogen and oxygen atoms in total. The van der Waals surface area contributed by atoms with E-state index in [9.17, 15) is 13.6 Å². The maximum Gasteiger partial charge on any atom is 0.387 e. The van der Waals surface area contributed by atoms with Gasteiger partial charge < -0.3 is 21.5 Å². The van der Waals surface area contributed by atoms with Crippen molar-refractivity contribution in [1.82, 2.24) is 5.32 Å². The Labute approximate surface area is 132 Å². The summed E-state index contributed by atoms with van der Waals surface area (Å²) in [6, 6.07) is 8.95. The lowest BCUT2D eigenvalue weighted by atomic mass is 10.0. The number of aryl methyl sites for hydroxylation is 1. The van der Waals surface area contributed by atoms with Crippen LogP contribution in [-0.2, 0) is 6.54 Å². The van der Waals surface area contributed by atoms with Crippen LogP contribution >= 0.6 is 0 Å². The van der Waals surface area contributed by atoms with Gasteiger partial charge >= 0.3 is 6.61 Å². The van der Waals surface area contributed by atoms with Gasteiger partial charge in [-0.2, -0.15) is 8.78 Å². The second-order valence-electron chi connectivity index (χ2n) is 4.95. The number of carbonyl (C=O) groups is 1. The number of amides is 1. The smallest absolute Gasteiger partial charge is 0.387 e. The Morgan fingerprint density at radius 1 is 1.17 bits per heavy atom. The van der Waals surface area contributed by atoms with Crippen LogP contribution in [0.5, 0.6) is 5.75 Å². The molecule has 0 aliphatic carbocycles. The number of hydrogen-bond acceptors (Lipinski definition) is 4. The van der Waals surface area contributed by atoms with Gasteiger partial charge in [0, 0.05) is 12.1 Å². The number of nitrogen functional groups attached to an aromatic ring is 2. The van der Waals surface area contributed by atoms with E-state index in [1.54, 1.807) is 6.07 Å². The van der Waals surface area contributed by atoms with E-state index in [-0.39, 0.29) is 18.2 Å². The molecule has 122 valence electrons. The number of benzene rings is 2. The van der Waals surface area contributed by atoms with Crippen molar-refractivity contribution < 1.29 is 18.3 Å². The molecule has 2 aromatic carbocycles. The fourth-order valence-electron chi connectivity index (χ4n) is 2.08. The Morgan fingerprint density at radius 3 is 2.43 bits per heavy atom. The number of hydrogen-bond donors (Lipinski definition) is 3. The summed E-state index contributed by atoms with van der Waals surface area (Å²) >= 11 is 0. The molecule has 2 rings (SSSR count). The van der Waals surface area contributed by atoms with E-state index in [2.05, 4.69) is 10.1 Å². The van der Waals surface area contributed by atoms with Crippen molar-refractivity contribution >= 4 is 17.3 Å². The average Bonchev–Trinajstić information content (AvgIpc) is 2.51. The number of ether oxygens (including phenoxy) is 1. The van der Waals surface area contributed by atoms with Crippen LogP contribution < -0.4 is 21.5 Å². The fourth-order valence-corrected chi connectivity index (χ4v) is 2.08. The fraction of sp³-hybridized carbons (Fsp3) is 0.188. The molecule has 0 saturated heterocycles. The summed E-state index contributed by atoms with van der Waals surface area (Å²) in [6.07, 6.45) is 0. The van der Waals surface area contributed by atoms with Crippen LogP contribution in [0.3, 0.4) is 0 Å². The molecule has 7 heteroatoms. The Morgan fingerprint density at radius 2 is 1.83 bits per heavy atom. The lowest BCUT2D eigenvalue weighted by Crippen LogP contribution is -2.24. The second-order valence-corrected chi connectivity index (χ2v) is 4.95. The minimum Gasteiger partial charge on any atom is -0.435 e. The first-order chi connectivity index (χ1) is 10.9. The average molecular weight is 321 g/mol. The number of anilines is 2. The van der Waals surface area contributed by atoms with E-state index in [0.29, 0.717) is 16.9 Å². The summed E-state index contributed by atoms with van der Waals surface area (Å²) in [5.41, 5.74) is 14.5. The zero-order valence-electron chi connectivity index (χ0n) is 12.5. The second kappa shape index (κ2) is 6.95. The highest BCUT2D eigenvalue weighted by atomic mass is 19.3. The van der Waals surface area contributed by atoms with Gasteiger partial charge in [0.2, 0.25) is 0 Å². The molecule has 0 aliphatic heterocycles. The van der Waals surface area contributed by atoms with Crippen molar-refractivity contribution in [2.24, 2.45) is 0 Å². The number of alkyl halides is 2. The molecule has 23 heavy (non-hydrogen) atoms. The molecule has 0 radical (unpaired) electrons. The summed E-state index contributed by atoms with van der Waals surface area (Å²) in [5, 5.41) is 2.72. The third-order valence-corrected chi connectivity index (χ3v) is 3.39. The number of halogens is 2.